The Morgan fingerprint density at radius 1 is 1.09 bits per heavy atom. The predicted octanol–water partition coefficient (Wildman–Crippen LogP) is 3.10. The fraction of sp³-hybridized carbons (Fsp3) is 0.320. The normalized spacial score (nSPS) is 20.4. The van der Waals surface area contributed by atoms with Gasteiger partial charge in [0.2, 0.25) is 5.91 Å². The SMILES string of the molecule is CC1(c2ccccc2)NC(=O)N(NC(=O)CSc2nc3ccccc3c(=O)n2C2CCCC2)C1=O. The molecule has 5 rings (SSSR count). The Bertz CT molecular complexity index is 1370. The van der Waals surface area contributed by atoms with Crippen molar-refractivity contribution in [1.82, 2.24) is 25.3 Å². The van der Waals surface area contributed by atoms with E-state index in [1.54, 1.807) is 47.9 Å². The number of rotatable bonds is 6. The zero-order valence-corrected chi connectivity index (χ0v) is 20.0. The number of aromatic nitrogens is 2. The van der Waals surface area contributed by atoms with Crippen LogP contribution >= 0.6 is 11.8 Å². The second kappa shape index (κ2) is 9.18. The van der Waals surface area contributed by atoms with Gasteiger partial charge in [-0.15, -0.1) is 0 Å². The van der Waals surface area contributed by atoms with Crippen molar-refractivity contribution in [2.45, 2.75) is 49.3 Å². The van der Waals surface area contributed by atoms with Gasteiger partial charge in [0.15, 0.2) is 5.16 Å². The molecule has 1 saturated heterocycles. The highest BCUT2D eigenvalue weighted by Crippen LogP contribution is 2.32. The topological polar surface area (TPSA) is 113 Å². The first-order valence-corrected chi connectivity index (χ1v) is 12.5. The van der Waals surface area contributed by atoms with Gasteiger partial charge in [0.25, 0.3) is 11.5 Å². The monoisotopic (exact) mass is 491 g/mol. The number of nitrogens with one attached hydrogen (secondary N) is 2. The molecular formula is C25H25N5O4S. The lowest BCUT2D eigenvalue weighted by Gasteiger charge is -2.22. The first kappa shape index (κ1) is 23.1. The molecule has 1 aromatic heterocycles. The number of para-hydroxylation sites is 1. The minimum Gasteiger partial charge on any atom is -0.318 e. The van der Waals surface area contributed by atoms with E-state index < -0.39 is 23.4 Å². The van der Waals surface area contributed by atoms with Crippen LogP contribution in [0.3, 0.4) is 0 Å². The van der Waals surface area contributed by atoms with Crippen LogP contribution in [0.1, 0.15) is 44.2 Å². The van der Waals surface area contributed by atoms with Crippen LogP contribution in [0.25, 0.3) is 10.9 Å². The Hall–Kier alpha value is -3.66. The molecule has 1 aliphatic carbocycles. The van der Waals surface area contributed by atoms with Gasteiger partial charge in [-0.3, -0.25) is 24.4 Å². The number of urea groups is 1. The van der Waals surface area contributed by atoms with E-state index in [4.69, 9.17) is 0 Å². The minimum atomic E-state index is -1.28. The van der Waals surface area contributed by atoms with Crippen LogP contribution in [0.2, 0.25) is 0 Å². The molecule has 1 saturated carbocycles. The van der Waals surface area contributed by atoms with Crippen molar-refractivity contribution in [3.05, 3.63) is 70.5 Å². The van der Waals surface area contributed by atoms with Gasteiger partial charge in [0.1, 0.15) is 5.54 Å². The molecule has 2 fully saturated rings. The quantitative estimate of drug-likeness (QED) is 0.311. The average Bonchev–Trinajstić information content (AvgIpc) is 3.47. The summed E-state index contributed by atoms with van der Waals surface area (Å²) in [5.74, 6) is -1.23. The minimum absolute atomic E-state index is 0.0442. The van der Waals surface area contributed by atoms with Crippen LogP contribution in [-0.4, -0.2) is 38.2 Å². The standard InChI is InChI=1S/C25H25N5O4S/c1-25(16-9-3-2-4-10-16)22(33)30(23(34)27-25)28-20(31)15-35-24-26-19-14-8-7-13-18(19)21(32)29(24)17-11-5-6-12-17/h2-4,7-10,13-14,17H,5-6,11-12,15H2,1H3,(H,27,34)(H,28,31). The molecule has 0 radical (unpaired) electrons. The highest BCUT2D eigenvalue weighted by atomic mass is 32.2. The van der Waals surface area contributed by atoms with Gasteiger partial charge in [-0.05, 0) is 37.5 Å². The number of nitrogens with zero attached hydrogens (tertiary/aromatic N) is 3. The number of carbonyl (C=O) groups excluding carboxylic acids is 3. The molecule has 4 amide bonds. The smallest absolute Gasteiger partial charge is 0.318 e. The van der Waals surface area contributed by atoms with Gasteiger partial charge in [0.05, 0.1) is 16.7 Å². The first-order chi connectivity index (χ1) is 16.9. The van der Waals surface area contributed by atoms with Crippen LogP contribution < -0.4 is 16.3 Å². The molecule has 35 heavy (non-hydrogen) atoms. The van der Waals surface area contributed by atoms with Gasteiger partial charge in [-0.25, -0.2) is 9.78 Å². The average molecular weight is 492 g/mol. The summed E-state index contributed by atoms with van der Waals surface area (Å²) in [4.78, 5) is 56.2. The molecule has 2 N–H and O–H groups in total. The van der Waals surface area contributed by atoms with Crippen LogP contribution in [0.4, 0.5) is 4.79 Å². The largest absolute Gasteiger partial charge is 0.344 e. The van der Waals surface area contributed by atoms with Crippen molar-refractivity contribution in [2.75, 3.05) is 5.75 Å². The fourth-order valence-corrected chi connectivity index (χ4v) is 5.57. The van der Waals surface area contributed by atoms with Gasteiger partial charge >= 0.3 is 6.03 Å². The molecule has 0 bridgehead atoms. The number of thioether (sulfide) groups is 1. The van der Waals surface area contributed by atoms with Crippen molar-refractivity contribution >= 4 is 40.5 Å². The number of carbonyl (C=O) groups is 3. The van der Waals surface area contributed by atoms with Crippen LogP contribution in [0.5, 0.6) is 0 Å². The summed E-state index contributed by atoms with van der Waals surface area (Å²) in [6, 6.07) is 15.4. The Morgan fingerprint density at radius 3 is 2.51 bits per heavy atom. The lowest BCUT2D eigenvalue weighted by molar-refractivity contribution is -0.138. The van der Waals surface area contributed by atoms with E-state index in [9.17, 15) is 19.2 Å². The summed E-state index contributed by atoms with van der Waals surface area (Å²) in [5.41, 5.74) is 2.21. The number of hydrogen-bond acceptors (Lipinski definition) is 6. The van der Waals surface area contributed by atoms with E-state index in [0.717, 1.165) is 37.4 Å². The maximum atomic E-state index is 13.3. The van der Waals surface area contributed by atoms with Crippen molar-refractivity contribution in [1.29, 1.82) is 0 Å². The third-order valence-electron chi connectivity index (χ3n) is 6.58. The zero-order valence-electron chi connectivity index (χ0n) is 19.2. The van der Waals surface area contributed by atoms with Gasteiger partial charge in [0, 0.05) is 6.04 Å². The van der Waals surface area contributed by atoms with Crippen LogP contribution in [0, 0.1) is 0 Å². The first-order valence-electron chi connectivity index (χ1n) is 11.5. The molecular weight excluding hydrogens is 466 g/mol. The summed E-state index contributed by atoms with van der Waals surface area (Å²) in [5, 5.41) is 4.38. The molecule has 1 atom stereocenters. The molecule has 3 aromatic rings. The molecule has 1 aliphatic heterocycles. The number of imide groups is 1. The molecule has 9 nitrogen and oxygen atoms in total. The molecule has 2 aliphatic rings. The highest BCUT2D eigenvalue weighted by molar-refractivity contribution is 7.99. The van der Waals surface area contributed by atoms with Crippen molar-refractivity contribution < 1.29 is 14.4 Å². The second-order valence-electron chi connectivity index (χ2n) is 8.91. The summed E-state index contributed by atoms with van der Waals surface area (Å²) >= 11 is 1.12. The molecule has 1 unspecified atom stereocenters. The molecule has 0 spiro atoms. The number of fused-ring (bicyclic) bond motifs is 1. The maximum absolute atomic E-state index is 13.3. The molecule has 10 heteroatoms. The van der Waals surface area contributed by atoms with E-state index in [-0.39, 0.29) is 17.4 Å². The summed E-state index contributed by atoms with van der Waals surface area (Å²) in [6.45, 7) is 1.60. The Morgan fingerprint density at radius 2 is 1.77 bits per heavy atom. The number of hydrazine groups is 1. The third-order valence-corrected chi connectivity index (χ3v) is 7.53. The fourth-order valence-electron chi connectivity index (χ4n) is 4.71. The third kappa shape index (κ3) is 4.18. The summed E-state index contributed by atoms with van der Waals surface area (Å²) in [6.07, 6.45) is 3.86. The van der Waals surface area contributed by atoms with Gasteiger partial charge < -0.3 is 5.32 Å². The lowest BCUT2D eigenvalue weighted by Crippen LogP contribution is -2.48. The maximum Gasteiger partial charge on any atom is 0.344 e. The molecule has 180 valence electrons. The number of hydrogen-bond donors (Lipinski definition) is 2. The Labute approximate surface area is 205 Å². The van der Waals surface area contributed by atoms with Crippen molar-refractivity contribution in [2.24, 2.45) is 0 Å². The Kier molecular flexibility index (Phi) is 6.06. The van der Waals surface area contributed by atoms with Crippen molar-refractivity contribution in [3.8, 4) is 0 Å². The second-order valence-corrected chi connectivity index (χ2v) is 9.85. The molecule has 2 heterocycles. The van der Waals surface area contributed by atoms with Gasteiger partial charge in [-0.2, -0.15) is 5.01 Å². The van der Waals surface area contributed by atoms with E-state index in [2.05, 4.69) is 15.7 Å². The highest BCUT2D eigenvalue weighted by Gasteiger charge is 2.50. The number of benzene rings is 2. The summed E-state index contributed by atoms with van der Waals surface area (Å²) in [7, 11) is 0. The molecule has 2 aromatic carbocycles. The van der Waals surface area contributed by atoms with Crippen LogP contribution in [-0.2, 0) is 15.1 Å². The van der Waals surface area contributed by atoms with E-state index in [0.29, 0.717) is 26.6 Å². The Balaban J connectivity index is 1.34. The van der Waals surface area contributed by atoms with E-state index in [1.807, 2.05) is 18.2 Å². The summed E-state index contributed by atoms with van der Waals surface area (Å²) < 4.78 is 1.70. The lowest BCUT2D eigenvalue weighted by atomic mass is 9.92. The zero-order chi connectivity index (χ0) is 24.6. The van der Waals surface area contributed by atoms with E-state index >= 15 is 0 Å². The van der Waals surface area contributed by atoms with Crippen LogP contribution in [0.15, 0.2) is 64.5 Å². The van der Waals surface area contributed by atoms with E-state index in [1.165, 1.54) is 0 Å². The predicted molar refractivity (Wildman–Crippen MR) is 132 cm³/mol. The number of amides is 4. The van der Waals surface area contributed by atoms with Crippen molar-refractivity contribution in [3.63, 3.8) is 0 Å². The van der Waals surface area contributed by atoms with Gasteiger partial charge in [-0.1, -0.05) is 67.1 Å².